The van der Waals surface area contributed by atoms with Crippen LogP contribution >= 0.6 is 0 Å². The smallest absolute Gasteiger partial charge is 0.416 e. The van der Waals surface area contributed by atoms with E-state index in [1.165, 1.54) is 6.07 Å². The summed E-state index contributed by atoms with van der Waals surface area (Å²) in [5.41, 5.74) is -0.847. The van der Waals surface area contributed by atoms with Crippen LogP contribution in [0.1, 0.15) is 32.8 Å². The lowest BCUT2D eigenvalue weighted by Gasteiger charge is -2.41. The fourth-order valence-electron chi connectivity index (χ4n) is 3.32. The fourth-order valence-corrected chi connectivity index (χ4v) is 3.32. The van der Waals surface area contributed by atoms with E-state index in [9.17, 15) is 23.1 Å². The molecule has 1 aliphatic heterocycles. The van der Waals surface area contributed by atoms with Gasteiger partial charge in [0.15, 0.2) is 0 Å². The first-order valence-electron chi connectivity index (χ1n) is 9.47. The van der Waals surface area contributed by atoms with E-state index in [0.717, 1.165) is 18.6 Å². The number of carbonyl (C=O) groups excluding carboxylic acids is 1. The maximum Gasteiger partial charge on any atom is 0.416 e. The molecule has 6 nitrogen and oxygen atoms in total. The zero-order valence-corrected chi connectivity index (χ0v) is 16.4. The lowest BCUT2D eigenvalue weighted by Crippen LogP contribution is -2.56. The lowest BCUT2D eigenvalue weighted by atomic mass is 10.1. The molecule has 9 heteroatoms. The minimum Gasteiger partial charge on any atom is -0.492 e. The van der Waals surface area contributed by atoms with Crippen LogP contribution in [0.2, 0.25) is 0 Å². The average molecular weight is 403 g/mol. The second-order valence-corrected chi connectivity index (χ2v) is 6.92. The minimum absolute atomic E-state index is 0.00105. The van der Waals surface area contributed by atoms with Crippen molar-refractivity contribution in [1.29, 1.82) is 0 Å². The molecular formula is C19H28F3N3O3. The summed E-state index contributed by atoms with van der Waals surface area (Å²) in [6, 6.07) is 2.67. The molecule has 1 aliphatic rings. The Balaban J connectivity index is 2.13. The van der Waals surface area contributed by atoms with Crippen LogP contribution in [-0.4, -0.2) is 65.9 Å². The van der Waals surface area contributed by atoms with Gasteiger partial charge in [0.2, 0.25) is 0 Å². The molecule has 1 fully saturated rings. The van der Waals surface area contributed by atoms with Crippen LogP contribution in [0.3, 0.4) is 0 Å². The molecule has 1 saturated heterocycles. The zero-order valence-electron chi connectivity index (χ0n) is 16.4. The highest BCUT2D eigenvalue weighted by atomic mass is 19.4. The molecular weight excluding hydrogens is 375 g/mol. The van der Waals surface area contributed by atoms with Crippen LogP contribution < -0.4 is 10.1 Å². The van der Waals surface area contributed by atoms with Crippen molar-refractivity contribution in [2.45, 2.75) is 45.5 Å². The molecule has 2 rings (SSSR count). The normalized spacial score (nSPS) is 19.4. The summed E-state index contributed by atoms with van der Waals surface area (Å²) in [7, 11) is 0. The average Bonchev–Trinajstić information content (AvgIpc) is 2.62. The van der Waals surface area contributed by atoms with Gasteiger partial charge in [0.25, 0.3) is 0 Å². The molecule has 0 aromatic heterocycles. The Hall–Kier alpha value is -2.00. The molecule has 1 heterocycles. The van der Waals surface area contributed by atoms with E-state index in [-0.39, 0.29) is 24.1 Å². The number of halogens is 3. The van der Waals surface area contributed by atoms with Gasteiger partial charge in [-0.1, -0.05) is 6.92 Å². The van der Waals surface area contributed by atoms with Gasteiger partial charge < -0.3 is 20.1 Å². The van der Waals surface area contributed by atoms with E-state index in [4.69, 9.17) is 4.74 Å². The van der Waals surface area contributed by atoms with Crippen LogP contribution in [0.25, 0.3) is 0 Å². The van der Waals surface area contributed by atoms with E-state index in [1.807, 2.05) is 6.92 Å². The highest BCUT2D eigenvalue weighted by molar-refractivity contribution is 5.91. The molecule has 28 heavy (non-hydrogen) atoms. The number of carbonyl (C=O) groups is 1. The van der Waals surface area contributed by atoms with Gasteiger partial charge in [-0.15, -0.1) is 0 Å². The number of rotatable bonds is 6. The molecule has 0 bridgehead atoms. The Morgan fingerprint density at radius 3 is 2.64 bits per heavy atom. The minimum atomic E-state index is -4.51. The second kappa shape index (κ2) is 9.47. The predicted octanol–water partition coefficient (Wildman–Crippen LogP) is 3.41. The molecule has 158 valence electrons. The summed E-state index contributed by atoms with van der Waals surface area (Å²) in [5.74, 6) is 0.198. The number of nitrogens with one attached hydrogen (secondary N) is 1. The SMILES string of the molecule is CCOc1ccc(C(F)(F)F)cc1NC(=O)N1CCN(C[C@@H](C)O)[C@H](CC)C1. The molecule has 2 amide bonds. The molecule has 0 aliphatic carbocycles. The molecule has 0 spiro atoms. The molecule has 0 unspecified atom stereocenters. The monoisotopic (exact) mass is 403 g/mol. The number of alkyl halides is 3. The molecule has 2 atom stereocenters. The third-order valence-electron chi connectivity index (χ3n) is 4.71. The number of β-amino-alcohol motifs (C(OH)–C–C–N with tert-alkyl or cyclic N) is 1. The first-order valence-corrected chi connectivity index (χ1v) is 9.47. The van der Waals surface area contributed by atoms with Crippen LogP contribution in [0.4, 0.5) is 23.7 Å². The summed E-state index contributed by atoms with van der Waals surface area (Å²) in [5, 5.41) is 12.2. The summed E-state index contributed by atoms with van der Waals surface area (Å²) < 4.78 is 44.5. The van der Waals surface area contributed by atoms with Crippen molar-refractivity contribution in [2.75, 3.05) is 38.1 Å². The highest BCUT2D eigenvalue weighted by Crippen LogP contribution is 2.35. The number of nitrogens with zero attached hydrogens (tertiary/aromatic N) is 2. The highest BCUT2D eigenvalue weighted by Gasteiger charge is 2.32. The van der Waals surface area contributed by atoms with Gasteiger partial charge in [-0.3, -0.25) is 4.90 Å². The van der Waals surface area contributed by atoms with Crippen molar-refractivity contribution < 1.29 is 27.8 Å². The van der Waals surface area contributed by atoms with Gasteiger partial charge in [-0.25, -0.2) is 4.79 Å². The van der Waals surface area contributed by atoms with Gasteiger partial charge in [0.1, 0.15) is 5.75 Å². The number of anilines is 1. The van der Waals surface area contributed by atoms with Crippen molar-refractivity contribution in [3.63, 3.8) is 0 Å². The number of hydrogen-bond acceptors (Lipinski definition) is 4. The standard InChI is InChI=1S/C19H28F3N3O3/c1-4-15-12-25(9-8-24(15)11-13(3)26)18(27)23-16-10-14(19(20,21)22)6-7-17(16)28-5-2/h6-7,10,13,15,26H,4-5,8-9,11-12H2,1-3H3,(H,23,27)/t13-,15-/m1/s1. The predicted molar refractivity (Wildman–Crippen MR) is 101 cm³/mol. The van der Waals surface area contributed by atoms with E-state index in [1.54, 1.807) is 18.7 Å². The molecule has 2 N–H and O–H groups in total. The number of aliphatic hydroxyl groups excluding tert-OH is 1. The Morgan fingerprint density at radius 2 is 2.07 bits per heavy atom. The molecule has 0 radical (unpaired) electrons. The summed E-state index contributed by atoms with van der Waals surface area (Å²) in [6.45, 7) is 7.69. The first kappa shape index (κ1) is 22.3. The van der Waals surface area contributed by atoms with Gasteiger partial charge in [-0.05, 0) is 38.5 Å². The van der Waals surface area contributed by atoms with E-state index in [0.29, 0.717) is 26.2 Å². The van der Waals surface area contributed by atoms with Crippen molar-refractivity contribution in [2.24, 2.45) is 0 Å². The Labute approximate surface area is 163 Å². The summed E-state index contributed by atoms with van der Waals surface area (Å²) in [6.07, 6.45) is -4.18. The topological polar surface area (TPSA) is 65.0 Å². The first-order chi connectivity index (χ1) is 13.2. The number of benzene rings is 1. The van der Waals surface area contributed by atoms with E-state index in [2.05, 4.69) is 10.2 Å². The molecule has 1 aromatic rings. The Kier molecular flexibility index (Phi) is 7.54. The number of amides is 2. The van der Waals surface area contributed by atoms with Gasteiger partial charge in [0, 0.05) is 32.2 Å². The number of hydrogen-bond donors (Lipinski definition) is 2. The van der Waals surface area contributed by atoms with Crippen LogP contribution in [0, 0.1) is 0 Å². The second-order valence-electron chi connectivity index (χ2n) is 6.92. The summed E-state index contributed by atoms with van der Waals surface area (Å²) >= 11 is 0. The van der Waals surface area contributed by atoms with Crippen LogP contribution in [0.5, 0.6) is 5.75 Å². The molecule has 1 aromatic carbocycles. The fraction of sp³-hybridized carbons (Fsp3) is 0.632. The van der Waals surface area contributed by atoms with Crippen molar-refractivity contribution in [1.82, 2.24) is 9.80 Å². The maximum absolute atomic E-state index is 13.0. The number of urea groups is 1. The largest absolute Gasteiger partial charge is 0.492 e. The Bertz CT molecular complexity index is 668. The lowest BCUT2D eigenvalue weighted by molar-refractivity contribution is -0.137. The zero-order chi connectivity index (χ0) is 20.9. The van der Waals surface area contributed by atoms with Gasteiger partial charge in [0.05, 0.1) is 24.0 Å². The van der Waals surface area contributed by atoms with Crippen LogP contribution in [-0.2, 0) is 6.18 Å². The summed E-state index contributed by atoms with van der Waals surface area (Å²) in [4.78, 5) is 16.4. The van der Waals surface area contributed by atoms with E-state index >= 15 is 0 Å². The third kappa shape index (κ3) is 5.75. The van der Waals surface area contributed by atoms with Crippen molar-refractivity contribution >= 4 is 11.7 Å². The number of ether oxygens (including phenoxy) is 1. The Morgan fingerprint density at radius 1 is 1.36 bits per heavy atom. The number of piperazine rings is 1. The maximum atomic E-state index is 13.0. The van der Waals surface area contributed by atoms with Crippen molar-refractivity contribution in [3.8, 4) is 5.75 Å². The quantitative estimate of drug-likeness (QED) is 0.764. The van der Waals surface area contributed by atoms with Crippen LogP contribution in [0.15, 0.2) is 18.2 Å². The third-order valence-corrected chi connectivity index (χ3v) is 4.71. The number of aliphatic hydroxyl groups is 1. The molecule has 0 saturated carbocycles. The van der Waals surface area contributed by atoms with Gasteiger partial charge >= 0.3 is 12.2 Å². The van der Waals surface area contributed by atoms with E-state index < -0.39 is 23.9 Å². The van der Waals surface area contributed by atoms with Crippen molar-refractivity contribution in [3.05, 3.63) is 23.8 Å². The van der Waals surface area contributed by atoms with Gasteiger partial charge in [-0.2, -0.15) is 13.2 Å².